The van der Waals surface area contributed by atoms with E-state index >= 15 is 0 Å². The van der Waals surface area contributed by atoms with Crippen molar-refractivity contribution in [3.63, 3.8) is 0 Å². The molecule has 0 saturated heterocycles. The van der Waals surface area contributed by atoms with Crippen molar-refractivity contribution in [1.82, 2.24) is 10.6 Å². The third-order valence-electron chi connectivity index (χ3n) is 3.96. The largest absolute Gasteiger partial charge is 0.493 e. The van der Waals surface area contributed by atoms with Crippen LogP contribution in [0.5, 0.6) is 11.5 Å². The molecule has 1 saturated carbocycles. The highest BCUT2D eigenvalue weighted by molar-refractivity contribution is 14.0. The molecule has 0 bridgehead atoms. The van der Waals surface area contributed by atoms with Gasteiger partial charge in [0.1, 0.15) is 0 Å². The van der Waals surface area contributed by atoms with Gasteiger partial charge in [0.2, 0.25) is 0 Å². The number of nitrogens with zero attached hydrogens (tertiary/aromatic N) is 1. The van der Waals surface area contributed by atoms with E-state index in [0.29, 0.717) is 24.0 Å². The molecule has 0 unspecified atom stereocenters. The summed E-state index contributed by atoms with van der Waals surface area (Å²) < 4.78 is 36.2. The third-order valence-corrected chi connectivity index (χ3v) is 3.96. The van der Waals surface area contributed by atoms with Crippen LogP contribution in [0, 0.1) is 0 Å². The molecule has 1 aromatic carbocycles. The number of rotatable bonds is 7. The van der Waals surface area contributed by atoms with Gasteiger partial charge in [-0.3, -0.25) is 4.99 Å². The number of ether oxygens (including phenoxy) is 2. The molecule has 142 valence electrons. The Labute approximate surface area is 164 Å². The van der Waals surface area contributed by atoms with Gasteiger partial charge >= 0.3 is 0 Å². The van der Waals surface area contributed by atoms with E-state index in [9.17, 15) is 8.78 Å². The molecule has 0 radical (unpaired) electrons. The van der Waals surface area contributed by atoms with Crippen LogP contribution in [-0.4, -0.2) is 39.2 Å². The molecule has 0 heterocycles. The number of alkyl halides is 2. The second-order valence-electron chi connectivity index (χ2n) is 5.67. The van der Waals surface area contributed by atoms with Crippen molar-refractivity contribution in [3.05, 3.63) is 23.8 Å². The molecule has 0 spiro atoms. The Bertz CT molecular complexity index is 553. The molecular formula is C17H26F2IN3O2. The first-order valence-corrected chi connectivity index (χ1v) is 8.19. The number of methoxy groups -OCH3 is 1. The van der Waals surface area contributed by atoms with Crippen molar-refractivity contribution >= 4 is 29.9 Å². The lowest BCUT2D eigenvalue weighted by Gasteiger charge is -2.20. The quantitative estimate of drug-likeness (QED) is 0.365. The van der Waals surface area contributed by atoms with Crippen LogP contribution < -0.4 is 20.1 Å². The van der Waals surface area contributed by atoms with E-state index in [1.54, 1.807) is 14.2 Å². The molecule has 0 aromatic heterocycles. The van der Waals surface area contributed by atoms with Gasteiger partial charge in [0.15, 0.2) is 17.5 Å². The lowest BCUT2D eigenvalue weighted by Crippen LogP contribution is -2.39. The van der Waals surface area contributed by atoms with Crippen molar-refractivity contribution < 1.29 is 18.3 Å². The summed E-state index contributed by atoms with van der Waals surface area (Å²) in [6.45, 7) is -0.0363. The summed E-state index contributed by atoms with van der Waals surface area (Å²) in [7, 11) is 3.15. The average molecular weight is 469 g/mol. The maximum Gasteiger partial charge on any atom is 0.255 e. The molecule has 0 aliphatic heterocycles. The highest BCUT2D eigenvalue weighted by Crippen LogP contribution is 2.34. The lowest BCUT2D eigenvalue weighted by atomic mass is 10.1. The number of para-hydroxylation sites is 1. The predicted molar refractivity (Wildman–Crippen MR) is 105 cm³/mol. The molecule has 2 rings (SSSR count). The maximum absolute atomic E-state index is 12.3. The zero-order chi connectivity index (χ0) is 17.4. The van der Waals surface area contributed by atoms with Gasteiger partial charge in [0.05, 0.1) is 19.8 Å². The smallest absolute Gasteiger partial charge is 0.255 e. The van der Waals surface area contributed by atoms with Crippen LogP contribution in [0.3, 0.4) is 0 Å². The fraction of sp³-hybridized carbons (Fsp3) is 0.588. The highest BCUT2D eigenvalue weighted by atomic mass is 127. The maximum atomic E-state index is 12.3. The Morgan fingerprint density at radius 1 is 1.28 bits per heavy atom. The topological polar surface area (TPSA) is 54.9 Å². The monoisotopic (exact) mass is 469 g/mol. The number of guanidine groups is 1. The summed E-state index contributed by atoms with van der Waals surface area (Å²) in [4.78, 5) is 3.94. The van der Waals surface area contributed by atoms with Gasteiger partial charge in [-0.25, -0.2) is 8.78 Å². The van der Waals surface area contributed by atoms with Crippen LogP contribution in [-0.2, 0) is 6.54 Å². The number of benzene rings is 1. The normalized spacial score (nSPS) is 15.0. The van der Waals surface area contributed by atoms with Gasteiger partial charge in [-0.1, -0.05) is 12.1 Å². The third kappa shape index (κ3) is 6.83. The molecular weight excluding hydrogens is 443 g/mol. The van der Waals surface area contributed by atoms with Crippen LogP contribution in [0.4, 0.5) is 8.78 Å². The number of halogens is 3. The van der Waals surface area contributed by atoms with Crippen LogP contribution in [0.15, 0.2) is 23.2 Å². The van der Waals surface area contributed by atoms with E-state index in [1.807, 2.05) is 18.2 Å². The van der Waals surface area contributed by atoms with Crippen molar-refractivity contribution in [2.45, 2.75) is 44.8 Å². The van der Waals surface area contributed by atoms with E-state index < -0.39 is 13.0 Å². The molecule has 8 heteroatoms. The highest BCUT2D eigenvalue weighted by Gasteiger charge is 2.20. The number of hydrogen-bond donors (Lipinski definition) is 2. The van der Waals surface area contributed by atoms with Crippen molar-refractivity contribution in [1.29, 1.82) is 0 Å². The number of aliphatic imine (C=N–C) groups is 1. The van der Waals surface area contributed by atoms with E-state index in [-0.39, 0.29) is 30.1 Å². The fourth-order valence-corrected chi connectivity index (χ4v) is 2.74. The van der Waals surface area contributed by atoms with Crippen molar-refractivity contribution in [2.24, 2.45) is 4.99 Å². The minimum atomic E-state index is -2.43. The Morgan fingerprint density at radius 2 is 2.00 bits per heavy atom. The van der Waals surface area contributed by atoms with Crippen LogP contribution in [0.2, 0.25) is 0 Å². The molecule has 2 N–H and O–H groups in total. The lowest BCUT2D eigenvalue weighted by molar-refractivity contribution is 0.152. The Morgan fingerprint density at radius 3 is 2.60 bits per heavy atom. The summed E-state index contributed by atoms with van der Waals surface area (Å²) >= 11 is 0. The molecule has 1 aliphatic rings. The van der Waals surface area contributed by atoms with E-state index in [1.165, 1.54) is 12.8 Å². The average Bonchev–Trinajstić information content (AvgIpc) is 3.09. The van der Waals surface area contributed by atoms with Gasteiger partial charge in [0, 0.05) is 19.2 Å². The van der Waals surface area contributed by atoms with Crippen LogP contribution >= 0.6 is 24.0 Å². The molecule has 25 heavy (non-hydrogen) atoms. The van der Waals surface area contributed by atoms with Gasteiger partial charge in [0.25, 0.3) is 6.43 Å². The minimum Gasteiger partial charge on any atom is -0.493 e. The molecule has 0 atom stereocenters. The molecule has 1 aliphatic carbocycles. The van der Waals surface area contributed by atoms with Gasteiger partial charge in [-0.15, -0.1) is 24.0 Å². The Hall–Kier alpha value is -1.32. The fourth-order valence-electron chi connectivity index (χ4n) is 2.74. The second kappa shape index (κ2) is 11.3. The first-order chi connectivity index (χ1) is 11.6. The summed E-state index contributed by atoms with van der Waals surface area (Å²) in [5.74, 6) is 1.71. The van der Waals surface area contributed by atoms with E-state index in [0.717, 1.165) is 18.4 Å². The molecule has 0 amide bonds. The van der Waals surface area contributed by atoms with E-state index in [2.05, 4.69) is 15.6 Å². The standard InChI is InChI=1S/C17H25F2N3O2.HI/c1-20-17(22-11-15(18)19)21-10-12-6-5-9-14(23-2)16(12)24-13-7-3-4-8-13;/h5-6,9,13,15H,3-4,7-8,10-11H2,1-2H3,(H2,20,21,22);1H. The number of hydrogen-bond acceptors (Lipinski definition) is 3. The molecule has 5 nitrogen and oxygen atoms in total. The SMILES string of the molecule is CN=C(NCc1cccc(OC)c1OC1CCCC1)NCC(F)F.I. The molecule has 1 fully saturated rings. The molecule has 1 aromatic rings. The van der Waals surface area contributed by atoms with Gasteiger partial charge < -0.3 is 20.1 Å². The Kier molecular flexibility index (Phi) is 9.84. The zero-order valence-corrected chi connectivity index (χ0v) is 16.9. The summed E-state index contributed by atoms with van der Waals surface area (Å²) in [6.07, 6.45) is 2.22. The van der Waals surface area contributed by atoms with Gasteiger partial charge in [-0.05, 0) is 31.7 Å². The van der Waals surface area contributed by atoms with Crippen molar-refractivity contribution in [2.75, 3.05) is 20.7 Å². The predicted octanol–water partition coefficient (Wildman–Crippen LogP) is 3.56. The van der Waals surface area contributed by atoms with Crippen LogP contribution in [0.25, 0.3) is 0 Å². The first-order valence-electron chi connectivity index (χ1n) is 8.19. The number of nitrogens with one attached hydrogen (secondary N) is 2. The second-order valence-corrected chi connectivity index (χ2v) is 5.67. The van der Waals surface area contributed by atoms with E-state index in [4.69, 9.17) is 9.47 Å². The zero-order valence-electron chi connectivity index (χ0n) is 14.6. The summed E-state index contributed by atoms with van der Waals surface area (Å²) in [5, 5.41) is 5.60. The minimum absolute atomic E-state index is 0. The van der Waals surface area contributed by atoms with Crippen molar-refractivity contribution in [3.8, 4) is 11.5 Å². The van der Waals surface area contributed by atoms with Crippen LogP contribution in [0.1, 0.15) is 31.2 Å². The van der Waals surface area contributed by atoms with Gasteiger partial charge in [-0.2, -0.15) is 0 Å². The summed E-state index contributed by atoms with van der Waals surface area (Å²) in [5.41, 5.74) is 0.904. The Balaban J connectivity index is 0.00000312. The first kappa shape index (κ1) is 21.7. The summed E-state index contributed by atoms with van der Waals surface area (Å²) in [6, 6.07) is 5.67.